The van der Waals surface area contributed by atoms with Crippen molar-refractivity contribution in [3.05, 3.63) is 77.5 Å². The van der Waals surface area contributed by atoms with Crippen molar-refractivity contribution in [2.24, 2.45) is 0 Å². The first kappa shape index (κ1) is 15.1. The number of aryl methyl sites for hydroxylation is 1. The van der Waals surface area contributed by atoms with Crippen molar-refractivity contribution in [3.63, 3.8) is 0 Å². The van der Waals surface area contributed by atoms with Crippen LogP contribution in [0.3, 0.4) is 0 Å². The van der Waals surface area contributed by atoms with Crippen molar-refractivity contribution >= 4 is 22.4 Å². The molecule has 0 aliphatic rings. The lowest BCUT2D eigenvalue weighted by atomic mass is 10.1. The van der Waals surface area contributed by atoms with E-state index in [-0.39, 0.29) is 0 Å². The van der Waals surface area contributed by atoms with E-state index in [9.17, 15) is 4.79 Å². The molecule has 0 amide bonds. The summed E-state index contributed by atoms with van der Waals surface area (Å²) in [7, 11) is 0. The minimum Gasteiger partial charge on any atom is -0.478 e. The van der Waals surface area contributed by atoms with Gasteiger partial charge in [-0.25, -0.2) is 4.79 Å². The van der Waals surface area contributed by atoms with Crippen molar-refractivity contribution in [3.8, 4) is 0 Å². The van der Waals surface area contributed by atoms with Gasteiger partial charge in [0.05, 0.1) is 0 Å². The lowest BCUT2D eigenvalue weighted by Crippen LogP contribution is -1.98. The zero-order valence-corrected chi connectivity index (χ0v) is 13.3. The van der Waals surface area contributed by atoms with Crippen molar-refractivity contribution in [2.45, 2.75) is 20.4 Å². The van der Waals surface area contributed by atoms with Gasteiger partial charge in [-0.15, -0.1) is 0 Å². The highest BCUT2D eigenvalue weighted by molar-refractivity contribution is 5.91. The molecular weight excluding hydrogens is 286 g/mol. The van der Waals surface area contributed by atoms with Crippen LogP contribution >= 0.6 is 0 Å². The van der Waals surface area contributed by atoms with Gasteiger partial charge < -0.3 is 9.67 Å². The number of fused-ring (bicyclic) bond motifs is 1. The maximum absolute atomic E-state index is 10.8. The van der Waals surface area contributed by atoms with E-state index in [4.69, 9.17) is 5.11 Å². The average molecular weight is 305 g/mol. The fourth-order valence-corrected chi connectivity index (χ4v) is 2.86. The van der Waals surface area contributed by atoms with E-state index >= 15 is 0 Å². The molecule has 0 unspecified atom stereocenters. The van der Waals surface area contributed by atoms with Crippen LogP contribution in [0.25, 0.3) is 16.5 Å². The number of carbonyl (C=O) groups is 1. The SMILES string of the molecule is CC(=CC(=O)O)c1ccc2c(ccn2Cc2cccc(C)c2)c1. The molecule has 116 valence electrons. The molecule has 3 nitrogen and oxygen atoms in total. The van der Waals surface area contributed by atoms with Crippen LogP contribution in [0, 0.1) is 6.92 Å². The Morgan fingerprint density at radius 1 is 1.17 bits per heavy atom. The Labute approximate surface area is 135 Å². The van der Waals surface area contributed by atoms with Gasteiger partial charge in [-0.05, 0) is 48.7 Å². The molecule has 2 aromatic carbocycles. The maximum Gasteiger partial charge on any atom is 0.328 e. The van der Waals surface area contributed by atoms with Gasteiger partial charge in [0.1, 0.15) is 0 Å². The lowest BCUT2D eigenvalue weighted by Gasteiger charge is -2.08. The Balaban J connectivity index is 1.94. The third-order valence-corrected chi connectivity index (χ3v) is 4.00. The summed E-state index contributed by atoms with van der Waals surface area (Å²) in [4.78, 5) is 10.8. The lowest BCUT2D eigenvalue weighted by molar-refractivity contribution is -0.131. The Morgan fingerprint density at radius 3 is 2.74 bits per heavy atom. The molecular formula is C20H19NO2. The minimum absolute atomic E-state index is 0.755. The Morgan fingerprint density at radius 2 is 2.00 bits per heavy atom. The molecule has 1 heterocycles. The van der Waals surface area contributed by atoms with Crippen molar-refractivity contribution in [1.29, 1.82) is 0 Å². The standard InChI is InChI=1S/C20H19NO2/c1-14-4-3-5-16(10-14)13-21-9-8-18-12-17(6-7-19(18)21)15(2)11-20(22)23/h3-12H,13H2,1-2H3,(H,22,23). The largest absolute Gasteiger partial charge is 0.478 e. The molecule has 0 atom stereocenters. The van der Waals surface area contributed by atoms with Crippen LogP contribution < -0.4 is 0 Å². The zero-order chi connectivity index (χ0) is 16.4. The van der Waals surface area contributed by atoms with Crippen LogP contribution in [0.15, 0.2) is 60.8 Å². The number of carboxylic acids is 1. The second-order valence-electron chi connectivity index (χ2n) is 5.87. The van der Waals surface area contributed by atoms with E-state index in [0.717, 1.165) is 28.6 Å². The van der Waals surface area contributed by atoms with Gasteiger partial charge >= 0.3 is 5.97 Å². The van der Waals surface area contributed by atoms with E-state index in [2.05, 4.69) is 54.1 Å². The molecule has 23 heavy (non-hydrogen) atoms. The Hall–Kier alpha value is -2.81. The fourth-order valence-electron chi connectivity index (χ4n) is 2.86. The van der Waals surface area contributed by atoms with Gasteiger partial charge in [0.15, 0.2) is 0 Å². The number of carboxylic acid groups (broad SMARTS) is 1. The summed E-state index contributed by atoms with van der Waals surface area (Å²) < 4.78 is 2.21. The highest BCUT2D eigenvalue weighted by Crippen LogP contribution is 2.23. The molecule has 0 aliphatic heterocycles. The van der Waals surface area contributed by atoms with E-state index in [1.165, 1.54) is 17.2 Å². The third kappa shape index (κ3) is 3.34. The fraction of sp³-hybridized carbons (Fsp3) is 0.150. The molecule has 0 saturated carbocycles. The second kappa shape index (κ2) is 6.13. The van der Waals surface area contributed by atoms with Crippen LogP contribution in [0.2, 0.25) is 0 Å². The maximum atomic E-state index is 10.8. The first-order valence-corrected chi connectivity index (χ1v) is 7.59. The topological polar surface area (TPSA) is 42.2 Å². The number of hydrogen-bond acceptors (Lipinski definition) is 1. The minimum atomic E-state index is -0.917. The van der Waals surface area contributed by atoms with Crippen molar-refractivity contribution in [1.82, 2.24) is 4.57 Å². The van der Waals surface area contributed by atoms with Crippen molar-refractivity contribution < 1.29 is 9.90 Å². The summed E-state index contributed by atoms with van der Waals surface area (Å²) in [5, 5.41) is 9.99. The molecule has 0 bridgehead atoms. The van der Waals surface area contributed by atoms with Crippen LogP contribution in [0.4, 0.5) is 0 Å². The van der Waals surface area contributed by atoms with E-state index in [1.807, 2.05) is 19.1 Å². The Bertz CT molecular complexity index is 903. The van der Waals surface area contributed by atoms with E-state index < -0.39 is 5.97 Å². The number of aliphatic carboxylic acids is 1. The van der Waals surface area contributed by atoms with E-state index in [0.29, 0.717) is 0 Å². The highest BCUT2D eigenvalue weighted by Gasteiger charge is 2.05. The second-order valence-corrected chi connectivity index (χ2v) is 5.87. The summed E-state index contributed by atoms with van der Waals surface area (Å²) in [5.41, 5.74) is 5.38. The summed E-state index contributed by atoms with van der Waals surface area (Å²) >= 11 is 0. The van der Waals surface area contributed by atoms with Gasteiger partial charge in [-0.1, -0.05) is 35.9 Å². The average Bonchev–Trinajstić information content (AvgIpc) is 2.89. The number of rotatable bonds is 4. The summed E-state index contributed by atoms with van der Waals surface area (Å²) in [6.07, 6.45) is 3.32. The first-order chi connectivity index (χ1) is 11.0. The van der Waals surface area contributed by atoms with Crippen molar-refractivity contribution in [2.75, 3.05) is 0 Å². The molecule has 1 aromatic heterocycles. The smallest absolute Gasteiger partial charge is 0.328 e. The van der Waals surface area contributed by atoms with Crippen LogP contribution in [-0.4, -0.2) is 15.6 Å². The summed E-state index contributed by atoms with van der Waals surface area (Å²) in [6.45, 7) is 4.74. The molecule has 3 rings (SSSR count). The number of aromatic nitrogens is 1. The number of allylic oxidation sites excluding steroid dienone is 1. The molecule has 0 fully saturated rings. The number of nitrogens with zero attached hydrogens (tertiary/aromatic N) is 1. The molecule has 3 heteroatoms. The predicted molar refractivity (Wildman–Crippen MR) is 93.5 cm³/mol. The monoisotopic (exact) mass is 305 g/mol. The van der Waals surface area contributed by atoms with Crippen LogP contribution in [-0.2, 0) is 11.3 Å². The zero-order valence-electron chi connectivity index (χ0n) is 13.3. The molecule has 1 N–H and O–H groups in total. The van der Waals surface area contributed by atoms with Gasteiger partial charge in [-0.3, -0.25) is 0 Å². The molecule has 0 aliphatic carbocycles. The molecule has 3 aromatic rings. The predicted octanol–water partition coefficient (Wildman–Crippen LogP) is 4.49. The van der Waals surface area contributed by atoms with E-state index in [1.54, 1.807) is 0 Å². The molecule has 0 saturated heterocycles. The number of hydrogen-bond donors (Lipinski definition) is 1. The van der Waals surface area contributed by atoms with Gasteiger partial charge in [0.2, 0.25) is 0 Å². The normalized spacial score (nSPS) is 11.8. The molecule has 0 spiro atoms. The summed E-state index contributed by atoms with van der Waals surface area (Å²) in [6, 6.07) is 16.6. The molecule has 0 radical (unpaired) electrons. The first-order valence-electron chi connectivity index (χ1n) is 7.59. The quantitative estimate of drug-likeness (QED) is 0.722. The van der Waals surface area contributed by atoms with Crippen LogP contribution in [0.1, 0.15) is 23.6 Å². The van der Waals surface area contributed by atoms with Gasteiger partial charge in [-0.2, -0.15) is 0 Å². The summed E-state index contributed by atoms with van der Waals surface area (Å²) in [5.74, 6) is -0.917. The number of benzene rings is 2. The van der Waals surface area contributed by atoms with Gasteiger partial charge in [0, 0.05) is 29.7 Å². The van der Waals surface area contributed by atoms with Crippen LogP contribution in [0.5, 0.6) is 0 Å². The third-order valence-electron chi connectivity index (χ3n) is 4.00. The Kier molecular flexibility index (Phi) is 4.02. The van der Waals surface area contributed by atoms with Gasteiger partial charge in [0.25, 0.3) is 0 Å². The highest BCUT2D eigenvalue weighted by atomic mass is 16.4.